The molecular formula is C37H42FNO3. The Morgan fingerprint density at radius 3 is 2.19 bits per heavy atom. The van der Waals surface area contributed by atoms with E-state index >= 15 is 0 Å². The van der Waals surface area contributed by atoms with Gasteiger partial charge in [0.15, 0.2) is 0 Å². The molecule has 0 aliphatic carbocycles. The molecular weight excluding hydrogens is 525 g/mol. The fourth-order valence-corrected chi connectivity index (χ4v) is 5.35. The number of benzene rings is 4. The highest BCUT2D eigenvalue weighted by Gasteiger charge is 2.45. The Morgan fingerprint density at radius 2 is 1.50 bits per heavy atom. The quantitative estimate of drug-likeness (QED) is 0.208. The van der Waals surface area contributed by atoms with Crippen LogP contribution in [0.2, 0.25) is 0 Å². The molecule has 1 aliphatic rings. The van der Waals surface area contributed by atoms with Crippen molar-refractivity contribution in [1.82, 2.24) is 0 Å². The molecule has 5 rings (SSSR count). The van der Waals surface area contributed by atoms with Crippen molar-refractivity contribution in [2.24, 2.45) is 0 Å². The number of halogens is 1. The summed E-state index contributed by atoms with van der Waals surface area (Å²) in [5.41, 5.74) is 6.03. The summed E-state index contributed by atoms with van der Waals surface area (Å²) in [6, 6.07) is 31.7. The number of fused-ring (bicyclic) bond motifs is 1. The van der Waals surface area contributed by atoms with Gasteiger partial charge in [0.2, 0.25) is 0 Å². The van der Waals surface area contributed by atoms with Crippen LogP contribution in [-0.2, 0) is 34.5 Å². The van der Waals surface area contributed by atoms with Crippen molar-refractivity contribution in [3.8, 4) is 5.75 Å². The Kier molecular flexibility index (Phi) is 9.00. The summed E-state index contributed by atoms with van der Waals surface area (Å²) in [6.07, 6.45) is 0.140. The summed E-state index contributed by atoms with van der Waals surface area (Å²) in [5, 5.41) is 3.47. The van der Waals surface area contributed by atoms with Crippen LogP contribution in [0.3, 0.4) is 0 Å². The lowest BCUT2D eigenvalue weighted by Gasteiger charge is -2.44. The second kappa shape index (κ2) is 12.7. The Labute approximate surface area is 249 Å². The van der Waals surface area contributed by atoms with E-state index in [2.05, 4.69) is 94.5 Å². The monoisotopic (exact) mass is 567 g/mol. The van der Waals surface area contributed by atoms with Gasteiger partial charge in [0.1, 0.15) is 29.4 Å². The SMILES string of the molecule is CC(C)(C)c1ccc(COC2C(OCCc3ccccc3)c3cc(NCc4ccc(F)cc4)ccc3OC2(C)C)cc1. The molecule has 1 aliphatic heterocycles. The van der Waals surface area contributed by atoms with Crippen LogP contribution in [0.1, 0.15) is 68.5 Å². The minimum atomic E-state index is -0.612. The Balaban J connectivity index is 1.37. The first-order valence-corrected chi connectivity index (χ1v) is 14.8. The average Bonchev–Trinajstić information content (AvgIpc) is 2.96. The molecule has 4 nitrogen and oxygen atoms in total. The highest BCUT2D eigenvalue weighted by molar-refractivity contribution is 5.54. The van der Waals surface area contributed by atoms with E-state index in [4.69, 9.17) is 14.2 Å². The topological polar surface area (TPSA) is 39.7 Å². The van der Waals surface area contributed by atoms with Gasteiger partial charge in [-0.1, -0.05) is 87.5 Å². The summed E-state index contributed by atoms with van der Waals surface area (Å²) in [7, 11) is 0. The molecule has 0 spiro atoms. The molecule has 2 unspecified atom stereocenters. The predicted molar refractivity (Wildman–Crippen MR) is 167 cm³/mol. The molecule has 220 valence electrons. The van der Waals surface area contributed by atoms with E-state index in [0.29, 0.717) is 19.8 Å². The Morgan fingerprint density at radius 1 is 0.810 bits per heavy atom. The van der Waals surface area contributed by atoms with Crippen LogP contribution in [0.5, 0.6) is 5.75 Å². The summed E-state index contributed by atoms with van der Waals surface area (Å²) in [4.78, 5) is 0. The lowest BCUT2D eigenvalue weighted by atomic mass is 9.86. The lowest BCUT2D eigenvalue weighted by Crippen LogP contribution is -2.51. The zero-order valence-electron chi connectivity index (χ0n) is 25.3. The van der Waals surface area contributed by atoms with Gasteiger partial charge in [-0.15, -0.1) is 0 Å². The highest BCUT2D eigenvalue weighted by Crippen LogP contribution is 2.44. The molecule has 0 saturated carbocycles. The summed E-state index contributed by atoms with van der Waals surface area (Å²) in [5.74, 6) is 0.561. The molecule has 1 heterocycles. The Hall–Kier alpha value is -3.67. The fourth-order valence-electron chi connectivity index (χ4n) is 5.35. The van der Waals surface area contributed by atoms with E-state index in [1.807, 2.05) is 18.2 Å². The average molecular weight is 568 g/mol. The second-order valence-corrected chi connectivity index (χ2v) is 12.6. The Bertz CT molecular complexity index is 1440. The minimum Gasteiger partial charge on any atom is -0.485 e. The van der Waals surface area contributed by atoms with Gasteiger partial charge >= 0.3 is 0 Å². The van der Waals surface area contributed by atoms with Gasteiger partial charge in [-0.3, -0.25) is 0 Å². The van der Waals surface area contributed by atoms with Crippen molar-refractivity contribution in [1.29, 1.82) is 0 Å². The van der Waals surface area contributed by atoms with Gasteiger partial charge in [-0.05, 0) is 78.3 Å². The molecule has 5 heteroatoms. The van der Waals surface area contributed by atoms with Crippen molar-refractivity contribution in [3.05, 3.63) is 131 Å². The largest absolute Gasteiger partial charge is 0.485 e. The molecule has 1 N–H and O–H groups in total. The second-order valence-electron chi connectivity index (χ2n) is 12.6. The van der Waals surface area contributed by atoms with E-state index < -0.39 is 5.60 Å². The third kappa shape index (κ3) is 7.39. The molecule has 0 saturated heterocycles. The normalized spacial score (nSPS) is 17.8. The number of ether oxygens (including phenoxy) is 3. The maximum absolute atomic E-state index is 13.4. The van der Waals surface area contributed by atoms with Crippen LogP contribution < -0.4 is 10.1 Å². The van der Waals surface area contributed by atoms with Crippen molar-refractivity contribution in [3.63, 3.8) is 0 Å². The van der Waals surface area contributed by atoms with Crippen LogP contribution in [0.4, 0.5) is 10.1 Å². The zero-order valence-corrected chi connectivity index (χ0v) is 25.3. The van der Waals surface area contributed by atoms with Gasteiger partial charge in [0.25, 0.3) is 0 Å². The molecule has 2 atom stereocenters. The maximum atomic E-state index is 13.4. The number of nitrogens with one attached hydrogen (secondary N) is 1. The number of hydrogen-bond acceptors (Lipinski definition) is 4. The minimum absolute atomic E-state index is 0.0996. The molecule has 0 aromatic heterocycles. The zero-order chi connectivity index (χ0) is 29.7. The van der Waals surface area contributed by atoms with Gasteiger partial charge in [-0.25, -0.2) is 4.39 Å². The van der Waals surface area contributed by atoms with Crippen molar-refractivity contribution in [2.75, 3.05) is 11.9 Å². The van der Waals surface area contributed by atoms with Crippen LogP contribution in [-0.4, -0.2) is 18.3 Å². The standard InChI is InChI=1S/C37H42FNO3/c1-36(2,3)29-15-11-28(12-16-29)25-41-35-34(40-22-21-26-9-7-6-8-10-26)32-23-31(19-20-33(32)42-37(35,4)5)39-24-27-13-17-30(38)18-14-27/h6-20,23,34-35,39H,21-22,24-25H2,1-5H3. The van der Waals surface area contributed by atoms with Crippen molar-refractivity contribution in [2.45, 2.75) is 77.4 Å². The number of rotatable bonds is 10. The molecule has 0 radical (unpaired) electrons. The van der Waals surface area contributed by atoms with E-state index in [-0.39, 0.29) is 23.4 Å². The summed E-state index contributed by atoms with van der Waals surface area (Å²) < 4.78 is 33.2. The molecule has 0 amide bonds. The molecule has 4 aromatic carbocycles. The van der Waals surface area contributed by atoms with E-state index in [0.717, 1.165) is 34.5 Å². The molecule has 4 aromatic rings. The third-order valence-electron chi connectivity index (χ3n) is 7.84. The van der Waals surface area contributed by atoms with Gasteiger partial charge in [0, 0.05) is 17.8 Å². The van der Waals surface area contributed by atoms with Gasteiger partial charge in [-0.2, -0.15) is 0 Å². The highest BCUT2D eigenvalue weighted by atomic mass is 19.1. The lowest BCUT2D eigenvalue weighted by molar-refractivity contribution is -0.167. The first kappa shape index (κ1) is 29.8. The van der Waals surface area contributed by atoms with Gasteiger partial charge < -0.3 is 19.5 Å². The first-order chi connectivity index (χ1) is 20.1. The summed E-state index contributed by atoms with van der Waals surface area (Å²) >= 11 is 0. The molecule has 0 bridgehead atoms. The van der Waals surface area contributed by atoms with Crippen LogP contribution in [0, 0.1) is 5.82 Å². The number of hydrogen-bond donors (Lipinski definition) is 1. The van der Waals surface area contributed by atoms with Crippen LogP contribution in [0.15, 0.2) is 97.1 Å². The molecule has 0 fully saturated rings. The van der Waals surface area contributed by atoms with Crippen molar-refractivity contribution >= 4 is 5.69 Å². The first-order valence-electron chi connectivity index (χ1n) is 14.8. The van der Waals surface area contributed by atoms with E-state index in [9.17, 15) is 4.39 Å². The predicted octanol–water partition coefficient (Wildman–Crippen LogP) is 8.79. The van der Waals surface area contributed by atoms with Crippen molar-refractivity contribution < 1.29 is 18.6 Å². The third-order valence-corrected chi connectivity index (χ3v) is 7.84. The molecule has 42 heavy (non-hydrogen) atoms. The number of anilines is 1. The van der Waals surface area contributed by atoms with E-state index in [1.165, 1.54) is 23.3 Å². The van der Waals surface area contributed by atoms with Gasteiger partial charge in [0.05, 0.1) is 13.2 Å². The van der Waals surface area contributed by atoms with E-state index in [1.54, 1.807) is 12.1 Å². The smallest absolute Gasteiger partial charge is 0.132 e. The fraction of sp³-hybridized carbons (Fsp3) is 0.351. The maximum Gasteiger partial charge on any atom is 0.132 e. The van der Waals surface area contributed by atoms with Crippen LogP contribution >= 0.6 is 0 Å². The van der Waals surface area contributed by atoms with Crippen LogP contribution in [0.25, 0.3) is 0 Å². The summed E-state index contributed by atoms with van der Waals surface area (Å²) in [6.45, 7) is 12.4.